The number of nitrogens with zero attached hydrogens (tertiary/aromatic N) is 4. The molecule has 11 heavy (non-hydrogen) atoms. The number of fused-ring (bicyclic) bond motifs is 1. The average Bonchev–Trinajstić information content (AvgIpc) is 2.33. The lowest BCUT2D eigenvalue weighted by Gasteiger charge is -1.89. The zero-order chi connectivity index (χ0) is 7.84. The Kier molecular flexibility index (Phi) is 1.44. The van der Waals surface area contributed by atoms with E-state index in [2.05, 4.69) is 15.0 Å². The van der Waals surface area contributed by atoms with Crippen LogP contribution in [-0.4, -0.2) is 19.0 Å². The van der Waals surface area contributed by atoms with Crippen LogP contribution in [0.5, 0.6) is 0 Å². The Bertz CT molecular complexity index is 396. The van der Waals surface area contributed by atoms with Gasteiger partial charge in [0.05, 0.1) is 6.20 Å². The van der Waals surface area contributed by atoms with Gasteiger partial charge in [-0.3, -0.25) is 0 Å². The topological polar surface area (TPSA) is 43.6 Å². The fourth-order valence-electron chi connectivity index (χ4n) is 0.762. The highest BCUT2D eigenvalue weighted by Gasteiger charge is 2.02. The van der Waals surface area contributed by atoms with Crippen molar-refractivity contribution >= 4 is 34.5 Å². The molecule has 0 N–H and O–H groups in total. The van der Waals surface area contributed by atoms with E-state index in [0.29, 0.717) is 11.2 Å². The molecule has 2 aromatic rings. The summed E-state index contributed by atoms with van der Waals surface area (Å²) in [5, 5.41) is 0.167. The minimum atomic E-state index is 0.167. The van der Waals surface area contributed by atoms with Gasteiger partial charge >= 0.3 is 0 Å². The Morgan fingerprint density at radius 3 is 3.00 bits per heavy atom. The third-order valence-electron chi connectivity index (χ3n) is 1.22. The van der Waals surface area contributed by atoms with E-state index in [-0.39, 0.29) is 5.28 Å². The monoisotopic (exact) mass is 188 g/mol. The summed E-state index contributed by atoms with van der Waals surface area (Å²) in [7, 11) is 0. The van der Waals surface area contributed by atoms with Gasteiger partial charge in [0.1, 0.15) is 11.8 Å². The van der Waals surface area contributed by atoms with Gasteiger partial charge in [-0.25, -0.2) is 14.1 Å². The maximum Gasteiger partial charge on any atom is 0.224 e. The van der Waals surface area contributed by atoms with Gasteiger partial charge in [0, 0.05) is 11.8 Å². The van der Waals surface area contributed by atoms with E-state index >= 15 is 0 Å². The summed E-state index contributed by atoms with van der Waals surface area (Å²) in [5.41, 5.74) is 1.15. The molecular formula is C5H2Cl2N4. The van der Waals surface area contributed by atoms with Crippen LogP contribution in [0.1, 0.15) is 0 Å². The van der Waals surface area contributed by atoms with Crippen LogP contribution in [0, 0.1) is 0 Å². The summed E-state index contributed by atoms with van der Waals surface area (Å²) in [4.78, 5) is 11.5. The summed E-state index contributed by atoms with van der Waals surface area (Å²) in [6, 6.07) is 0. The number of aromatic nitrogens is 4. The van der Waals surface area contributed by atoms with Crippen LogP contribution in [0.3, 0.4) is 0 Å². The van der Waals surface area contributed by atoms with Gasteiger partial charge in [0.25, 0.3) is 0 Å². The molecule has 4 nitrogen and oxygen atoms in total. The SMILES string of the molecule is Clc1ncc2ncn(Cl)c2n1. The van der Waals surface area contributed by atoms with Crippen molar-refractivity contribution in [2.75, 3.05) is 0 Å². The highest BCUT2D eigenvalue weighted by molar-refractivity contribution is 6.28. The molecule has 0 unspecified atom stereocenters. The molecule has 0 bridgehead atoms. The van der Waals surface area contributed by atoms with Crippen molar-refractivity contribution < 1.29 is 0 Å². The third kappa shape index (κ3) is 1.04. The highest BCUT2D eigenvalue weighted by atomic mass is 35.5. The van der Waals surface area contributed by atoms with Crippen molar-refractivity contribution in [1.29, 1.82) is 0 Å². The molecule has 0 saturated carbocycles. The minimum Gasteiger partial charge on any atom is -0.232 e. The van der Waals surface area contributed by atoms with E-state index < -0.39 is 0 Å². The standard InChI is InChI=1S/C5H2Cl2N4/c6-5-8-1-3-4(10-5)11(7)2-9-3/h1-2H. The maximum absolute atomic E-state index is 5.65. The van der Waals surface area contributed by atoms with Crippen LogP contribution < -0.4 is 0 Å². The molecule has 0 aliphatic carbocycles. The summed E-state index contributed by atoms with van der Waals surface area (Å²) in [5.74, 6) is 0. The zero-order valence-electron chi connectivity index (χ0n) is 5.20. The predicted octanol–water partition coefficient (Wildman–Crippen LogP) is 1.48. The normalized spacial score (nSPS) is 10.7. The predicted molar refractivity (Wildman–Crippen MR) is 41.6 cm³/mol. The Hall–Kier alpha value is -0.870. The number of hydrogen-bond acceptors (Lipinski definition) is 3. The van der Waals surface area contributed by atoms with Gasteiger partial charge in [-0.05, 0) is 11.6 Å². The summed E-state index contributed by atoms with van der Waals surface area (Å²) in [6.07, 6.45) is 2.96. The number of halogens is 2. The van der Waals surface area contributed by atoms with E-state index in [9.17, 15) is 0 Å². The smallest absolute Gasteiger partial charge is 0.224 e. The van der Waals surface area contributed by atoms with Crippen LogP contribution in [0.25, 0.3) is 11.2 Å². The second kappa shape index (κ2) is 2.32. The van der Waals surface area contributed by atoms with Crippen molar-refractivity contribution in [2.24, 2.45) is 0 Å². The van der Waals surface area contributed by atoms with Gasteiger partial charge in [0.15, 0.2) is 5.65 Å². The van der Waals surface area contributed by atoms with E-state index in [0.717, 1.165) is 0 Å². The largest absolute Gasteiger partial charge is 0.232 e. The highest BCUT2D eigenvalue weighted by Crippen LogP contribution is 2.11. The third-order valence-corrected chi connectivity index (χ3v) is 1.65. The number of imidazole rings is 1. The molecule has 0 spiro atoms. The van der Waals surface area contributed by atoms with Crippen molar-refractivity contribution in [3.05, 3.63) is 17.8 Å². The van der Waals surface area contributed by atoms with E-state index in [1.165, 1.54) is 16.6 Å². The van der Waals surface area contributed by atoms with Crippen molar-refractivity contribution in [1.82, 2.24) is 19.0 Å². The van der Waals surface area contributed by atoms with Gasteiger partial charge in [0.2, 0.25) is 5.28 Å². The molecule has 0 atom stereocenters. The van der Waals surface area contributed by atoms with Gasteiger partial charge < -0.3 is 0 Å². The molecule has 0 aliphatic rings. The van der Waals surface area contributed by atoms with E-state index in [4.69, 9.17) is 23.4 Å². The molecular weight excluding hydrogens is 187 g/mol. The number of hydrogen-bond donors (Lipinski definition) is 0. The lowest BCUT2D eigenvalue weighted by Crippen LogP contribution is -1.84. The van der Waals surface area contributed by atoms with Crippen LogP contribution in [0.4, 0.5) is 0 Å². The lowest BCUT2D eigenvalue weighted by atomic mass is 10.6. The molecule has 56 valence electrons. The van der Waals surface area contributed by atoms with Crippen molar-refractivity contribution in [3.8, 4) is 0 Å². The first kappa shape index (κ1) is 6.82. The molecule has 2 aromatic heterocycles. The maximum atomic E-state index is 5.65. The molecule has 2 heterocycles. The van der Waals surface area contributed by atoms with Crippen LogP contribution >= 0.6 is 23.4 Å². The van der Waals surface area contributed by atoms with E-state index in [1.54, 1.807) is 0 Å². The van der Waals surface area contributed by atoms with Gasteiger partial charge in [-0.1, -0.05) is 0 Å². The van der Waals surface area contributed by atoms with Crippen molar-refractivity contribution in [3.63, 3.8) is 0 Å². The zero-order valence-corrected chi connectivity index (χ0v) is 6.71. The van der Waals surface area contributed by atoms with Crippen LogP contribution in [0.2, 0.25) is 5.28 Å². The summed E-state index contributed by atoms with van der Waals surface area (Å²) < 4.78 is 1.27. The van der Waals surface area contributed by atoms with E-state index in [1.807, 2.05) is 0 Å². The molecule has 0 aromatic carbocycles. The first-order valence-electron chi connectivity index (χ1n) is 2.79. The molecule has 6 heteroatoms. The molecule has 0 amide bonds. The Labute approximate surface area is 71.9 Å². The molecule has 2 rings (SSSR count). The van der Waals surface area contributed by atoms with Gasteiger partial charge in [-0.15, -0.1) is 0 Å². The first-order chi connectivity index (χ1) is 5.27. The number of rotatable bonds is 0. The molecule has 0 radical (unpaired) electrons. The molecule has 0 aliphatic heterocycles. The fourth-order valence-corrected chi connectivity index (χ4v) is 1.06. The summed E-state index contributed by atoms with van der Waals surface area (Å²) >= 11 is 11.2. The van der Waals surface area contributed by atoms with Crippen LogP contribution in [-0.2, 0) is 0 Å². The molecule has 0 fully saturated rings. The second-order valence-corrected chi connectivity index (χ2v) is 2.61. The average molecular weight is 189 g/mol. The Morgan fingerprint density at radius 2 is 2.18 bits per heavy atom. The Morgan fingerprint density at radius 1 is 1.36 bits per heavy atom. The quantitative estimate of drug-likeness (QED) is 0.589. The fraction of sp³-hybridized carbons (Fsp3) is 0. The lowest BCUT2D eigenvalue weighted by molar-refractivity contribution is 1.17. The first-order valence-corrected chi connectivity index (χ1v) is 3.51. The molecule has 0 saturated heterocycles. The minimum absolute atomic E-state index is 0.167. The Balaban J connectivity index is 2.87. The van der Waals surface area contributed by atoms with Crippen molar-refractivity contribution in [2.45, 2.75) is 0 Å². The summed E-state index contributed by atoms with van der Waals surface area (Å²) in [6.45, 7) is 0. The van der Waals surface area contributed by atoms with Gasteiger partial charge in [-0.2, -0.15) is 4.98 Å². The van der Waals surface area contributed by atoms with Crippen LogP contribution in [0.15, 0.2) is 12.5 Å². The second-order valence-electron chi connectivity index (χ2n) is 1.90.